The molecule has 0 saturated heterocycles. The van der Waals surface area contributed by atoms with Gasteiger partial charge in [-0.1, -0.05) is 12.2 Å². The maximum Gasteiger partial charge on any atom is 0.163 e. The Hall–Kier alpha value is -0.160. The van der Waals surface area contributed by atoms with Crippen molar-refractivity contribution < 1.29 is 4.57 Å². The largest absolute Gasteiger partial charge is 0.274 e. The Morgan fingerprint density at radius 2 is 2.50 bits per heavy atom. The van der Waals surface area contributed by atoms with Gasteiger partial charge in [0.05, 0.1) is 5.66 Å². The van der Waals surface area contributed by atoms with Crippen LogP contribution in [-0.4, -0.2) is 5.66 Å². The minimum absolute atomic E-state index is 0.278. The highest BCUT2D eigenvalue weighted by molar-refractivity contribution is 7.25. The molecule has 1 rings (SSSR count). The van der Waals surface area contributed by atoms with Crippen LogP contribution in [0.2, 0.25) is 0 Å². The highest BCUT2D eigenvalue weighted by Gasteiger charge is 2.06. The van der Waals surface area contributed by atoms with Crippen molar-refractivity contribution in [1.82, 2.24) is 0 Å². The summed E-state index contributed by atoms with van der Waals surface area (Å²) in [5.41, 5.74) is 0.352. The SMILES string of the molecule is O=PC1C=CC1. The Labute approximate surface area is 38.3 Å². The van der Waals surface area contributed by atoms with Gasteiger partial charge in [0, 0.05) is 0 Å². The van der Waals surface area contributed by atoms with Crippen LogP contribution >= 0.6 is 8.46 Å². The zero-order chi connectivity index (χ0) is 4.41. The summed E-state index contributed by atoms with van der Waals surface area (Å²) >= 11 is 0. The van der Waals surface area contributed by atoms with Gasteiger partial charge in [-0.2, -0.15) is 0 Å². The molecule has 0 aromatic heterocycles. The highest BCUT2D eigenvalue weighted by atomic mass is 31.1. The van der Waals surface area contributed by atoms with Crippen molar-refractivity contribution in [2.24, 2.45) is 0 Å². The lowest BCUT2D eigenvalue weighted by atomic mass is 10.1. The Kier molecular flexibility index (Phi) is 1.02. The lowest BCUT2D eigenvalue weighted by Crippen LogP contribution is -1.98. The monoisotopic (exact) mass is 100 g/mol. The summed E-state index contributed by atoms with van der Waals surface area (Å²) < 4.78 is 9.83. The van der Waals surface area contributed by atoms with E-state index < -0.39 is 0 Å². The molecule has 0 aromatic rings. The lowest BCUT2D eigenvalue weighted by Gasteiger charge is -2.05. The molecule has 6 heavy (non-hydrogen) atoms. The average Bonchev–Trinajstić information content (AvgIpc) is 1.31. The van der Waals surface area contributed by atoms with Gasteiger partial charge < -0.3 is 0 Å². The summed E-state index contributed by atoms with van der Waals surface area (Å²) in [6, 6.07) is 0. The third kappa shape index (κ3) is 0.504. The van der Waals surface area contributed by atoms with E-state index in [0.717, 1.165) is 6.42 Å². The smallest absolute Gasteiger partial charge is 0.163 e. The van der Waals surface area contributed by atoms with Gasteiger partial charge in [0.2, 0.25) is 0 Å². The van der Waals surface area contributed by atoms with Gasteiger partial charge in [-0.3, -0.25) is 4.57 Å². The Morgan fingerprint density at radius 3 is 2.50 bits per heavy atom. The number of hydrogen-bond donors (Lipinski definition) is 0. The molecule has 0 amide bonds. The van der Waals surface area contributed by atoms with E-state index in [4.69, 9.17) is 0 Å². The average molecular weight is 100 g/mol. The van der Waals surface area contributed by atoms with Crippen molar-refractivity contribution in [3.8, 4) is 0 Å². The first-order chi connectivity index (χ1) is 2.93. The third-order valence-electron chi connectivity index (χ3n) is 0.871. The van der Waals surface area contributed by atoms with Crippen LogP contribution in [-0.2, 0) is 4.57 Å². The van der Waals surface area contributed by atoms with Crippen LogP contribution in [0.25, 0.3) is 0 Å². The molecule has 0 aliphatic heterocycles. The van der Waals surface area contributed by atoms with E-state index in [-0.39, 0.29) is 8.46 Å². The predicted octanol–water partition coefficient (Wildman–Crippen LogP) is 1.61. The summed E-state index contributed by atoms with van der Waals surface area (Å²) in [7, 11) is 0.278. The van der Waals surface area contributed by atoms with Gasteiger partial charge in [-0.05, 0) is 6.42 Å². The molecule has 0 saturated carbocycles. The van der Waals surface area contributed by atoms with Crippen LogP contribution < -0.4 is 0 Å². The predicted molar refractivity (Wildman–Crippen MR) is 25.2 cm³/mol. The molecule has 2 heteroatoms. The van der Waals surface area contributed by atoms with Gasteiger partial charge >= 0.3 is 0 Å². The van der Waals surface area contributed by atoms with E-state index in [1.807, 2.05) is 12.2 Å². The molecule has 0 spiro atoms. The van der Waals surface area contributed by atoms with Crippen LogP contribution in [0.3, 0.4) is 0 Å². The van der Waals surface area contributed by atoms with E-state index in [1.54, 1.807) is 0 Å². The van der Waals surface area contributed by atoms with Crippen LogP contribution in [0.4, 0.5) is 0 Å². The molecule has 0 aromatic carbocycles. The summed E-state index contributed by atoms with van der Waals surface area (Å²) in [6.45, 7) is 0. The van der Waals surface area contributed by atoms with Crippen molar-refractivity contribution >= 4 is 8.46 Å². The van der Waals surface area contributed by atoms with Crippen LogP contribution in [0.5, 0.6) is 0 Å². The summed E-state index contributed by atoms with van der Waals surface area (Å²) in [5, 5.41) is 0. The summed E-state index contributed by atoms with van der Waals surface area (Å²) in [5.74, 6) is 0. The molecule has 1 aliphatic carbocycles. The molecule has 0 bridgehead atoms. The molecule has 1 nitrogen and oxygen atoms in total. The van der Waals surface area contributed by atoms with Crippen LogP contribution in [0.15, 0.2) is 12.2 Å². The van der Waals surface area contributed by atoms with E-state index in [9.17, 15) is 4.57 Å². The minimum Gasteiger partial charge on any atom is -0.274 e. The van der Waals surface area contributed by atoms with Gasteiger partial charge in [0.25, 0.3) is 0 Å². The molecule has 0 fully saturated rings. The first-order valence-corrected chi connectivity index (χ1v) is 2.81. The molecular weight excluding hydrogens is 95.0 g/mol. The topological polar surface area (TPSA) is 17.1 Å². The number of allylic oxidation sites excluding steroid dienone is 2. The van der Waals surface area contributed by atoms with Crippen LogP contribution in [0.1, 0.15) is 6.42 Å². The van der Waals surface area contributed by atoms with Gasteiger partial charge in [0.15, 0.2) is 8.46 Å². The first kappa shape index (κ1) is 4.01. The van der Waals surface area contributed by atoms with E-state index in [0.29, 0.717) is 5.66 Å². The van der Waals surface area contributed by atoms with E-state index in [1.165, 1.54) is 0 Å². The van der Waals surface area contributed by atoms with Gasteiger partial charge in [-0.25, -0.2) is 0 Å². The van der Waals surface area contributed by atoms with E-state index >= 15 is 0 Å². The second-order valence-electron chi connectivity index (χ2n) is 1.34. The molecule has 1 aliphatic rings. The summed E-state index contributed by atoms with van der Waals surface area (Å²) in [4.78, 5) is 0. The standard InChI is InChI=1S/C4H5OP/c5-6-4-2-1-3-4/h1-2,4H,3H2. The van der Waals surface area contributed by atoms with Crippen molar-refractivity contribution in [2.75, 3.05) is 0 Å². The fraction of sp³-hybridized carbons (Fsp3) is 0.500. The minimum atomic E-state index is 0.278. The zero-order valence-electron chi connectivity index (χ0n) is 3.29. The maximum absolute atomic E-state index is 9.83. The van der Waals surface area contributed by atoms with Crippen molar-refractivity contribution in [3.63, 3.8) is 0 Å². The molecule has 0 radical (unpaired) electrons. The fourth-order valence-corrected chi connectivity index (χ4v) is 0.736. The zero-order valence-corrected chi connectivity index (χ0v) is 4.19. The van der Waals surface area contributed by atoms with Crippen molar-refractivity contribution in [2.45, 2.75) is 12.1 Å². The molecule has 32 valence electrons. The van der Waals surface area contributed by atoms with Gasteiger partial charge in [-0.15, -0.1) is 0 Å². The Morgan fingerprint density at radius 1 is 1.83 bits per heavy atom. The fourth-order valence-electron chi connectivity index (χ4n) is 0.336. The highest BCUT2D eigenvalue weighted by Crippen LogP contribution is 2.20. The molecule has 1 atom stereocenters. The maximum atomic E-state index is 9.83. The number of hydrogen-bond acceptors (Lipinski definition) is 1. The molecule has 0 heterocycles. The van der Waals surface area contributed by atoms with E-state index in [2.05, 4.69) is 0 Å². The Balaban J connectivity index is 2.39. The van der Waals surface area contributed by atoms with Crippen LogP contribution in [0, 0.1) is 0 Å². The second kappa shape index (κ2) is 1.53. The Bertz CT molecular complexity index is 87.5. The molecule has 0 N–H and O–H groups in total. The lowest BCUT2D eigenvalue weighted by molar-refractivity contribution is 0.593. The second-order valence-corrected chi connectivity index (χ2v) is 2.21. The quantitative estimate of drug-likeness (QED) is 0.361. The molecular formula is C4H5OP. The molecule has 1 unspecified atom stereocenters. The first-order valence-electron chi connectivity index (χ1n) is 1.92. The van der Waals surface area contributed by atoms with Crippen molar-refractivity contribution in [1.29, 1.82) is 0 Å². The third-order valence-corrected chi connectivity index (χ3v) is 1.52. The van der Waals surface area contributed by atoms with Crippen molar-refractivity contribution in [3.05, 3.63) is 12.2 Å². The normalized spacial score (nSPS) is 30.3. The van der Waals surface area contributed by atoms with Gasteiger partial charge in [0.1, 0.15) is 0 Å². The number of rotatable bonds is 1. The summed E-state index contributed by atoms with van der Waals surface area (Å²) in [6.07, 6.45) is 4.98.